The van der Waals surface area contributed by atoms with Crippen molar-refractivity contribution in [3.05, 3.63) is 54.0 Å². The maximum atomic E-state index is 13.2. The van der Waals surface area contributed by atoms with E-state index in [1.165, 1.54) is 12.3 Å². The molecule has 1 heterocycles. The molecule has 0 radical (unpaired) electrons. The molecule has 0 saturated heterocycles. The Morgan fingerprint density at radius 3 is 2.21 bits per heavy atom. The van der Waals surface area contributed by atoms with E-state index in [1.807, 2.05) is 20.8 Å². The van der Waals surface area contributed by atoms with E-state index in [9.17, 15) is 18.0 Å². The second-order valence-electron chi connectivity index (χ2n) is 6.74. The molecule has 152 valence electrons. The summed E-state index contributed by atoms with van der Waals surface area (Å²) in [7, 11) is -3.84. The largest absolute Gasteiger partial charge is 0.468 e. The lowest BCUT2D eigenvalue weighted by molar-refractivity contribution is -0.139. The van der Waals surface area contributed by atoms with Gasteiger partial charge in [-0.25, -0.2) is 8.42 Å². The monoisotopic (exact) mass is 406 g/mol. The molecule has 0 aliphatic carbocycles. The predicted molar refractivity (Wildman–Crippen MR) is 105 cm³/mol. The molecule has 2 N–H and O–H groups in total. The summed E-state index contributed by atoms with van der Waals surface area (Å²) in [6, 6.07) is 9.76. The number of carbonyl (C=O) groups excluding carboxylic acids is 2. The highest BCUT2D eigenvalue weighted by atomic mass is 32.2. The van der Waals surface area contributed by atoms with E-state index in [-0.39, 0.29) is 23.1 Å². The van der Waals surface area contributed by atoms with Gasteiger partial charge in [-0.1, -0.05) is 32.9 Å². The van der Waals surface area contributed by atoms with Crippen molar-refractivity contribution in [1.29, 1.82) is 0 Å². The van der Waals surface area contributed by atoms with Crippen molar-refractivity contribution in [1.82, 2.24) is 10.6 Å². The summed E-state index contributed by atoms with van der Waals surface area (Å²) in [6.45, 7) is 6.00. The molecule has 2 rings (SSSR count). The Labute approximate surface area is 165 Å². The number of hydrogen-bond acceptors (Lipinski definition) is 5. The Morgan fingerprint density at radius 2 is 1.68 bits per heavy atom. The molecule has 2 amide bonds. The predicted octanol–water partition coefficient (Wildman–Crippen LogP) is 2.56. The van der Waals surface area contributed by atoms with E-state index in [0.717, 1.165) is 5.56 Å². The first-order valence-corrected chi connectivity index (χ1v) is 10.7. The van der Waals surface area contributed by atoms with E-state index in [4.69, 9.17) is 4.42 Å². The lowest BCUT2D eigenvalue weighted by atomic mass is 10.0. The normalized spacial score (nSPS) is 12.6. The van der Waals surface area contributed by atoms with Gasteiger partial charge in [0, 0.05) is 13.1 Å². The second kappa shape index (κ2) is 9.54. The fraction of sp³-hybridized carbons (Fsp3) is 0.400. The van der Waals surface area contributed by atoms with E-state index in [0.29, 0.717) is 13.0 Å². The van der Waals surface area contributed by atoms with Gasteiger partial charge in [-0.15, -0.1) is 0 Å². The first-order chi connectivity index (χ1) is 13.3. The minimum Gasteiger partial charge on any atom is -0.468 e. The van der Waals surface area contributed by atoms with Gasteiger partial charge in [-0.2, -0.15) is 0 Å². The van der Waals surface area contributed by atoms with Crippen LogP contribution in [0, 0.1) is 0 Å². The summed E-state index contributed by atoms with van der Waals surface area (Å²) in [6.07, 6.45) is 2.06. The number of benzene rings is 1. The molecule has 0 saturated carbocycles. The molecule has 0 fully saturated rings. The third-order valence-corrected chi connectivity index (χ3v) is 6.38. The van der Waals surface area contributed by atoms with E-state index in [2.05, 4.69) is 10.6 Å². The van der Waals surface area contributed by atoms with Crippen LogP contribution in [0.15, 0.2) is 52.0 Å². The topological polar surface area (TPSA) is 105 Å². The Hall–Kier alpha value is -2.61. The quantitative estimate of drug-likeness (QED) is 0.656. The standard InChI is InChI=1S/C20H26N2O5S/c1-4-11-21-19(23)20(24)22-13-18(17-6-5-12-27-17)28(25,26)16-9-7-15(8-10-16)14(2)3/h5-10,12,14,18H,4,11,13H2,1-3H3,(H,21,23)(H,22,24)/t18-/m1/s1. The minimum atomic E-state index is -3.84. The van der Waals surface area contributed by atoms with Crippen LogP contribution in [-0.2, 0) is 19.4 Å². The van der Waals surface area contributed by atoms with Crippen molar-refractivity contribution in [3.8, 4) is 0 Å². The second-order valence-corrected chi connectivity index (χ2v) is 8.87. The molecule has 1 aromatic carbocycles. The van der Waals surface area contributed by atoms with Crippen LogP contribution >= 0.6 is 0 Å². The van der Waals surface area contributed by atoms with Gasteiger partial charge in [0.25, 0.3) is 0 Å². The minimum absolute atomic E-state index is 0.128. The fourth-order valence-corrected chi connectivity index (χ4v) is 4.22. The van der Waals surface area contributed by atoms with Crippen LogP contribution in [0.25, 0.3) is 0 Å². The van der Waals surface area contributed by atoms with Gasteiger partial charge in [0.15, 0.2) is 9.84 Å². The van der Waals surface area contributed by atoms with Crippen molar-refractivity contribution in [2.75, 3.05) is 13.1 Å². The van der Waals surface area contributed by atoms with Crippen LogP contribution in [0.3, 0.4) is 0 Å². The van der Waals surface area contributed by atoms with Gasteiger partial charge in [0.05, 0.1) is 11.2 Å². The van der Waals surface area contributed by atoms with Gasteiger partial charge >= 0.3 is 11.8 Å². The SMILES string of the molecule is CCCNC(=O)C(=O)NC[C@H](c1ccco1)S(=O)(=O)c1ccc(C(C)C)cc1. The highest BCUT2D eigenvalue weighted by molar-refractivity contribution is 7.91. The fourth-order valence-electron chi connectivity index (χ4n) is 2.63. The van der Waals surface area contributed by atoms with Crippen LogP contribution in [-0.4, -0.2) is 33.3 Å². The van der Waals surface area contributed by atoms with E-state index < -0.39 is 26.9 Å². The molecular weight excluding hydrogens is 380 g/mol. The van der Waals surface area contributed by atoms with Gasteiger partial charge in [0.1, 0.15) is 11.0 Å². The number of hydrogen-bond donors (Lipinski definition) is 2. The summed E-state index contributed by atoms with van der Waals surface area (Å²) in [5.74, 6) is -1.20. The zero-order chi connectivity index (χ0) is 20.7. The van der Waals surface area contributed by atoms with Crippen LogP contribution in [0.1, 0.15) is 49.7 Å². The van der Waals surface area contributed by atoms with Crippen molar-refractivity contribution < 1.29 is 22.4 Å². The Balaban J connectivity index is 2.23. The molecule has 1 atom stereocenters. The number of rotatable bonds is 8. The molecule has 0 unspecified atom stereocenters. The third kappa shape index (κ3) is 5.22. The first-order valence-electron chi connectivity index (χ1n) is 9.20. The average Bonchev–Trinajstić information content (AvgIpc) is 3.20. The Morgan fingerprint density at radius 1 is 1.04 bits per heavy atom. The summed E-state index contributed by atoms with van der Waals surface area (Å²) in [5, 5.41) is 3.71. The maximum absolute atomic E-state index is 13.2. The summed E-state index contributed by atoms with van der Waals surface area (Å²) >= 11 is 0. The van der Waals surface area contributed by atoms with E-state index >= 15 is 0 Å². The number of nitrogens with one attached hydrogen (secondary N) is 2. The van der Waals surface area contributed by atoms with Crippen LogP contribution in [0.5, 0.6) is 0 Å². The smallest absolute Gasteiger partial charge is 0.309 e. The van der Waals surface area contributed by atoms with Gasteiger partial charge < -0.3 is 15.1 Å². The van der Waals surface area contributed by atoms with Crippen LogP contribution in [0.4, 0.5) is 0 Å². The molecule has 2 aromatic rings. The molecular formula is C20H26N2O5S. The molecule has 0 aliphatic rings. The highest BCUT2D eigenvalue weighted by Gasteiger charge is 2.32. The third-order valence-electron chi connectivity index (χ3n) is 4.30. The maximum Gasteiger partial charge on any atom is 0.309 e. The van der Waals surface area contributed by atoms with Crippen LogP contribution in [0.2, 0.25) is 0 Å². The number of amides is 2. The number of furan rings is 1. The van der Waals surface area contributed by atoms with E-state index in [1.54, 1.807) is 30.3 Å². The summed E-state index contributed by atoms with van der Waals surface area (Å²) < 4.78 is 31.6. The first kappa shape index (κ1) is 21.7. The lowest BCUT2D eigenvalue weighted by Gasteiger charge is -2.17. The molecule has 7 nitrogen and oxygen atoms in total. The zero-order valence-corrected chi connectivity index (χ0v) is 17.1. The van der Waals surface area contributed by atoms with Crippen LogP contribution < -0.4 is 10.6 Å². The molecule has 0 bridgehead atoms. The lowest BCUT2D eigenvalue weighted by Crippen LogP contribution is -2.42. The summed E-state index contributed by atoms with van der Waals surface area (Å²) in [4.78, 5) is 23.8. The van der Waals surface area contributed by atoms with Gasteiger partial charge in [-0.3, -0.25) is 9.59 Å². The Bertz CT molecular complexity index is 887. The Kier molecular flexibility index (Phi) is 7.39. The molecule has 1 aromatic heterocycles. The zero-order valence-electron chi connectivity index (χ0n) is 16.3. The number of sulfone groups is 1. The highest BCUT2D eigenvalue weighted by Crippen LogP contribution is 2.29. The average molecular weight is 407 g/mol. The molecule has 0 spiro atoms. The van der Waals surface area contributed by atoms with Gasteiger partial charge in [0.2, 0.25) is 0 Å². The molecule has 8 heteroatoms. The van der Waals surface area contributed by atoms with Gasteiger partial charge in [-0.05, 0) is 42.2 Å². The van der Waals surface area contributed by atoms with Crippen molar-refractivity contribution in [2.24, 2.45) is 0 Å². The summed E-state index contributed by atoms with van der Waals surface area (Å²) in [5.41, 5.74) is 1.02. The molecule has 0 aliphatic heterocycles. The van der Waals surface area contributed by atoms with Crippen molar-refractivity contribution >= 4 is 21.7 Å². The van der Waals surface area contributed by atoms with Crippen molar-refractivity contribution in [3.63, 3.8) is 0 Å². The number of carbonyl (C=O) groups is 2. The van der Waals surface area contributed by atoms with Crippen molar-refractivity contribution in [2.45, 2.75) is 43.3 Å². The molecule has 28 heavy (non-hydrogen) atoms.